The zero-order chi connectivity index (χ0) is 26.2. The van der Waals surface area contributed by atoms with Crippen molar-refractivity contribution in [1.82, 2.24) is 4.98 Å². The monoisotopic (exact) mass is 516 g/mol. The van der Waals surface area contributed by atoms with Crippen LogP contribution in [0.1, 0.15) is 21.5 Å². The first-order valence-electron chi connectivity index (χ1n) is 11.4. The summed E-state index contributed by atoms with van der Waals surface area (Å²) in [4.78, 5) is 28.4. The average molecular weight is 517 g/mol. The number of pyridine rings is 1. The number of amides is 1. The Morgan fingerprint density at radius 2 is 1.76 bits per heavy atom. The molecule has 0 aliphatic rings. The van der Waals surface area contributed by atoms with E-state index in [9.17, 15) is 14.7 Å². The second-order valence-electron chi connectivity index (χ2n) is 8.11. The number of aromatic nitrogens is 1. The van der Waals surface area contributed by atoms with Crippen molar-refractivity contribution in [2.75, 3.05) is 17.2 Å². The Morgan fingerprint density at radius 1 is 1.00 bits per heavy atom. The molecule has 1 heterocycles. The van der Waals surface area contributed by atoms with E-state index in [0.29, 0.717) is 39.8 Å². The Kier molecular flexibility index (Phi) is 8.35. The lowest BCUT2D eigenvalue weighted by Crippen LogP contribution is -2.16. The number of para-hydroxylation sites is 1. The maximum Gasteiger partial charge on any atom is 0.341 e. The summed E-state index contributed by atoms with van der Waals surface area (Å²) < 4.78 is 5.70. The molecule has 0 saturated heterocycles. The third-order valence-electron chi connectivity index (χ3n) is 5.57. The predicted octanol–water partition coefficient (Wildman–Crippen LogP) is 5.19. The summed E-state index contributed by atoms with van der Waals surface area (Å²) >= 11 is 6.20. The molecule has 188 valence electrons. The lowest BCUT2D eigenvalue weighted by molar-refractivity contribution is -0.139. The van der Waals surface area contributed by atoms with Crippen molar-refractivity contribution in [3.8, 4) is 16.9 Å². The van der Waals surface area contributed by atoms with Crippen LogP contribution in [0, 0.1) is 0 Å². The second-order valence-corrected chi connectivity index (χ2v) is 8.55. The van der Waals surface area contributed by atoms with E-state index in [4.69, 9.17) is 22.1 Å². The molecule has 4 rings (SSSR count). The molecule has 8 nitrogen and oxygen atoms in total. The van der Waals surface area contributed by atoms with Crippen LogP contribution in [0.25, 0.3) is 11.1 Å². The van der Waals surface area contributed by atoms with Gasteiger partial charge in [-0.25, -0.2) is 4.79 Å². The van der Waals surface area contributed by atoms with Crippen LogP contribution in [0.4, 0.5) is 11.4 Å². The Hall–Kier alpha value is -4.40. The molecule has 1 amide bonds. The van der Waals surface area contributed by atoms with Crippen molar-refractivity contribution < 1.29 is 19.4 Å². The summed E-state index contributed by atoms with van der Waals surface area (Å²) in [5.74, 6) is -0.985. The molecule has 0 atom stereocenters. The molecule has 0 fully saturated rings. The van der Waals surface area contributed by atoms with Crippen molar-refractivity contribution in [2.24, 2.45) is 5.73 Å². The smallest absolute Gasteiger partial charge is 0.341 e. The maximum absolute atomic E-state index is 13.1. The number of nitrogens with two attached hydrogens (primary N) is 1. The van der Waals surface area contributed by atoms with Crippen LogP contribution in [0.2, 0.25) is 5.02 Å². The highest BCUT2D eigenvalue weighted by atomic mass is 35.5. The van der Waals surface area contributed by atoms with Crippen LogP contribution in [-0.4, -0.2) is 28.6 Å². The molecular formula is C28H25ClN4O4. The van der Waals surface area contributed by atoms with Gasteiger partial charge < -0.3 is 26.2 Å². The van der Waals surface area contributed by atoms with Crippen LogP contribution in [0.15, 0.2) is 85.2 Å². The second kappa shape index (κ2) is 12.0. The molecule has 4 aromatic rings. The third kappa shape index (κ3) is 6.63. The van der Waals surface area contributed by atoms with Crippen LogP contribution in [-0.2, 0) is 17.9 Å². The molecule has 0 aliphatic heterocycles. The van der Waals surface area contributed by atoms with E-state index in [1.807, 2.05) is 42.5 Å². The van der Waals surface area contributed by atoms with Crippen molar-refractivity contribution >= 4 is 34.9 Å². The first-order chi connectivity index (χ1) is 17.9. The number of carboxylic acids is 1. The number of carbonyl (C=O) groups is 2. The number of hydrogen-bond donors (Lipinski definition) is 4. The van der Waals surface area contributed by atoms with Crippen molar-refractivity contribution in [3.05, 3.63) is 107 Å². The van der Waals surface area contributed by atoms with E-state index < -0.39 is 12.6 Å². The topological polar surface area (TPSA) is 127 Å². The van der Waals surface area contributed by atoms with E-state index in [-0.39, 0.29) is 12.5 Å². The van der Waals surface area contributed by atoms with Crippen molar-refractivity contribution in [2.45, 2.75) is 13.1 Å². The SMILES string of the molecule is NCc1ccc(NC(=O)c2cc(Cl)ccc2NCc2cccc(-c3ccncc3)c2OCC(=O)O)cc1. The number of benzene rings is 3. The van der Waals surface area contributed by atoms with Crippen LogP contribution < -0.4 is 21.1 Å². The van der Waals surface area contributed by atoms with Gasteiger partial charge in [0.25, 0.3) is 5.91 Å². The van der Waals surface area contributed by atoms with Gasteiger partial charge in [-0.1, -0.05) is 41.9 Å². The zero-order valence-electron chi connectivity index (χ0n) is 19.8. The first-order valence-corrected chi connectivity index (χ1v) is 11.8. The summed E-state index contributed by atoms with van der Waals surface area (Å²) in [6, 6.07) is 21.5. The van der Waals surface area contributed by atoms with E-state index >= 15 is 0 Å². The normalized spacial score (nSPS) is 10.5. The Morgan fingerprint density at radius 3 is 2.46 bits per heavy atom. The summed E-state index contributed by atoms with van der Waals surface area (Å²) in [7, 11) is 0. The summed E-state index contributed by atoms with van der Waals surface area (Å²) in [6.07, 6.45) is 3.31. The van der Waals surface area contributed by atoms with Crippen LogP contribution in [0.5, 0.6) is 5.75 Å². The third-order valence-corrected chi connectivity index (χ3v) is 5.81. The predicted molar refractivity (Wildman–Crippen MR) is 144 cm³/mol. The molecule has 0 spiro atoms. The highest BCUT2D eigenvalue weighted by Gasteiger charge is 2.16. The van der Waals surface area contributed by atoms with Gasteiger partial charge in [-0.05, 0) is 53.6 Å². The minimum atomic E-state index is -1.08. The zero-order valence-corrected chi connectivity index (χ0v) is 20.5. The molecule has 37 heavy (non-hydrogen) atoms. The largest absolute Gasteiger partial charge is 0.481 e. The molecule has 3 aromatic carbocycles. The molecule has 1 aromatic heterocycles. The van der Waals surface area contributed by atoms with Gasteiger partial charge in [-0.3, -0.25) is 9.78 Å². The van der Waals surface area contributed by atoms with Gasteiger partial charge in [0.2, 0.25) is 0 Å². The van der Waals surface area contributed by atoms with Gasteiger partial charge in [-0.2, -0.15) is 0 Å². The standard InChI is InChI=1S/C28H25ClN4O4/c29-21-6-9-25(24(14-21)28(36)33-22-7-4-18(15-30)5-8-22)32-16-20-2-1-3-23(19-10-12-31-13-11-19)27(20)37-17-26(34)35/h1-14,32H,15-17,30H2,(H,33,36)(H,34,35). The number of hydrogen-bond acceptors (Lipinski definition) is 6. The number of rotatable bonds is 10. The molecule has 0 saturated carbocycles. The van der Waals surface area contributed by atoms with Gasteiger partial charge in [0.1, 0.15) is 5.75 Å². The molecular weight excluding hydrogens is 492 g/mol. The van der Waals surface area contributed by atoms with Crippen LogP contribution in [0.3, 0.4) is 0 Å². The Bertz CT molecular complexity index is 1400. The van der Waals surface area contributed by atoms with Gasteiger partial charge in [-0.15, -0.1) is 0 Å². The number of aliphatic carboxylic acids is 1. The number of nitrogens with one attached hydrogen (secondary N) is 2. The summed E-state index contributed by atoms with van der Waals surface area (Å²) in [5.41, 5.74) is 10.4. The van der Waals surface area contributed by atoms with Gasteiger partial charge in [0.15, 0.2) is 6.61 Å². The maximum atomic E-state index is 13.1. The fourth-order valence-electron chi connectivity index (χ4n) is 3.76. The number of carbonyl (C=O) groups excluding carboxylic acids is 1. The Labute approximate surface area is 219 Å². The highest BCUT2D eigenvalue weighted by Crippen LogP contribution is 2.34. The molecule has 5 N–H and O–H groups in total. The molecule has 0 bridgehead atoms. The number of ether oxygens (including phenoxy) is 1. The lowest BCUT2D eigenvalue weighted by atomic mass is 10.0. The van der Waals surface area contributed by atoms with Gasteiger partial charge in [0, 0.05) is 53.0 Å². The molecule has 9 heteroatoms. The van der Waals surface area contributed by atoms with Crippen LogP contribution >= 0.6 is 11.6 Å². The fraction of sp³-hybridized carbons (Fsp3) is 0.107. The van der Waals surface area contributed by atoms with E-state index in [0.717, 1.165) is 16.7 Å². The van der Waals surface area contributed by atoms with Crippen molar-refractivity contribution in [3.63, 3.8) is 0 Å². The first kappa shape index (κ1) is 25.7. The molecule has 0 aliphatic carbocycles. The quantitative estimate of drug-likeness (QED) is 0.228. The molecule has 0 radical (unpaired) electrons. The van der Waals surface area contributed by atoms with E-state index in [2.05, 4.69) is 15.6 Å². The minimum absolute atomic E-state index is 0.265. The number of anilines is 2. The van der Waals surface area contributed by atoms with E-state index in [1.54, 1.807) is 42.7 Å². The number of carboxylic acid groups (broad SMARTS) is 1. The van der Waals surface area contributed by atoms with Gasteiger partial charge in [0.05, 0.1) is 5.56 Å². The number of halogens is 1. The fourth-order valence-corrected chi connectivity index (χ4v) is 3.93. The lowest BCUT2D eigenvalue weighted by Gasteiger charge is -2.17. The minimum Gasteiger partial charge on any atom is -0.481 e. The molecule has 0 unspecified atom stereocenters. The van der Waals surface area contributed by atoms with Crippen molar-refractivity contribution in [1.29, 1.82) is 0 Å². The van der Waals surface area contributed by atoms with E-state index in [1.165, 1.54) is 0 Å². The van der Waals surface area contributed by atoms with Gasteiger partial charge >= 0.3 is 5.97 Å². The average Bonchev–Trinajstić information content (AvgIpc) is 2.92. The highest BCUT2D eigenvalue weighted by molar-refractivity contribution is 6.31. The number of nitrogens with zero attached hydrogens (tertiary/aromatic N) is 1. The summed E-state index contributed by atoms with van der Waals surface area (Å²) in [5, 5.41) is 15.8. The summed E-state index contributed by atoms with van der Waals surface area (Å²) in [6.45, 7) is 0.185. The Balaban J connectivity index is 1.60.